The molecule has 1 rings (SSSR count). The summed E-state index contributed by atoms with van der Waals surface area (Å²) in [4.78, 5) is 0. The second kappa shape index (κ2) is 4.76. The van der Waals surface area contributed by atoms with Crippen LogP contribution in [0, 0.1) is 0 Å². The Morgan fingerprint density at radius 1 is 1.46 bits per heavy atom. The molecule has 4 nitrogen and oxygen atoms in total. The number of hydrogen-bond donors (Lipinski definition) is 1. The van der Waals surface area contributed by atoms with Crippen LogP contribution in [-0.4, -0.2) is 20.5 Å². The van der Waals surface area contributed by atoms with Crippen molar-refractivity contribution in [2.75, 3.05) is 14.2 Å². The van der Waals surface area contributed by atoms with Gasteiger partial charge in [-0.05, 0) is 22.0 Å². The fraction of sp³-hybridized carbons (Fsp3) is 0.500. The van der Waals surface area contributed by atoms with Gasteiger partial charge in [0.25, 0.3) is 0 Å². The Morgan fingerprint density at radius 3 is 2.46 bits per heavy atom. The highest BCUT2D eigenvalue weighted by atomic mass is 79.9. The minimum Gasteiger partial charge on any atom is -0.466 e. The molecule has 0 aliphatic heterocycles. The monoisotopic (exact) mass is 249 g/mol. The molecule has 1 aromatic rings. The number of methoxy groups -OCH3 is 2. The van der Waals surface area contributed by atoms with Crippen LogP contribution in [0.2, 0.25) is 0 Å². The molecule has 2 N–H and O–H groups in total. The van der Waals surface area contributed by atoms with E-state index in [1.165, 1.54) is 14.2 Å². The van der Waals surface area contributed by atoms with Crippen molar-refractivity contribution >= 4 is 15.9 Å². The van der Waals surface area contributed by atoms with Crippen LogP contribution < -0.4 is 5.73 Å². The van der Waals surface area contributed by atoms with Crippen molar-refractivity contribution in [1.82, 2.24) is 0 Å². The number of ether oxygens (including phenoxy) is 2. The van der Waals surface area contributed by atoms with E-state index in [1.54, 1.807) is 12.3 Å². The second-order valence-corrected chi connectivity index (χ2v) is 3.35. The highest BCUT2D eigenvalue weighted by molar-refractivity contribution is 9.10. The summed E-state index contributed by atoms with van der Waals surface area (Å²) in [6, 6.07) is 1.34. The molecule has 0 aliphatic rings. The van der Waals surface area contributed by atoms with E-state index >= 15 is 0 Å². The SMILES string of the molecule is COC(OC)C(N)c1occc1Br. The minimum absolute atomic E-state index is 0.431. The van der Waals surface area contributed by atoms with Gasteiger partial charge in [0.1, 0.15) is 11.8 Å². The van der Waals surface area contributed by atoms with Crippen molar-refractivity contribution in [3.63, 3.8) is 0 Å². The van der Waals surface area contributed by atoms with Crippen LogP contribution in [0.15, 0.2) is 21.2 Å². The number of rotatable bonds is 4. The van der Waals surface area contributed by atoms with Crippen molar-refractivity contribution < 1.29 is 13.9 Å². The first-order chi connectivity index (χ1) is 6.20. The van der Waals surface area contributed by atoms with E-state index < -0.39 is 12.3 Å². The molecule has 0 aliphatic carbocycles. The predicted octanol–water partition coefficient (Wildman–Crippen LogP) is 1.66. The quantitative estimate of drug-likeness (QED) is 0.825. The molecule has 0 radical (unpaired) electrons. The third kappa shape index (κ3) is 2.31. The first-order valence-electron chi connectivity index (χ1n) is 3.74. The summed E-state index contributed by atoms with van der Waals surface area (Å²) in [5.74, 6) is 0.619. The van der Waals surface area contributed by atoms with Crippen LogP contribution in [0.3, 0.4) is 0 Å². The number of hydrogen-bond acceptors (Lipinski definition) is 4. The van der Waals surface area contributed by atoms with Gasteiger partial charge in [0.2, 0.25) is 0 Å². The molecule has 1 atom stereocenters. The van der Waals surface area contributed by atoms with Gasteiger partial charge in [0.05, 0.1) is 10.7 Å². The topological polar surface area (TPSA) is 57.6 Å². The Hall–Kier alpha value is -0.360. The van der Waals surface area contributed by atoms with Crippen LogP contribution in [0.25, 0.3) is 0 Å². The van der Waals surface area contributed by atoms with Crippen molar-refractivity contribution in [3.8, 4) is 0 Å². The van der Waals surface area contributed by atoms with Crippen LogP contribution >= 0.6 is 15.9 Å². The molecule has 0 spiro atoms. The minimum atomic E-state index is -0.498. The summed E-state index contributed by atoms with van der Waals surface area (Å²) < 4.78 is 16.0. The van der Waals surface area contributed by atoms with Gasteiger partial charge < -0.3 is 19.6 Å². The highest BCUT2D eigenvalue weighted by Crippen LogP contribution is 2.26. The lowest BCUT2D eigenvalue weighted by Gasteiger charge is -2.19. The summed E-state index contributed by atoms with van der Waals surface area (Å²) in [5.41, 5.74) is 5.83. The number of nitrogens with two attached hydrogens (primary N) is 1. The standard InChI is InChI=1S/C8H12BrNO3/c1-11-8(12-2)6(10)7-5(9)3-4-13-7/h3-4,6,8H,10H2,1-2H3. The van der Waals surface area contributed by atoms with E-state index in [4.69, 9.17) is 19.6 Å². The number of halogens is 1. The fourth-order valence-electron chi connectivity index (χ4n) is 1.06. The maximum atomic E-state index is 5.83. The highest BCUT2D eigenvalue weighted by Gasteiger charge is 2.23. The van der Waals surface area contributed by atoms with Crippen LogP contribution in [0.1, 0.15) is 11.8 Å². The Labute approximate surface area is 85.1 Å². The second-order valence-electron chi connectivity index (χ2n) is 2.50. The van der Waals surface area contributed by atoms with Crippen molar-refractivity contribution in [2.24, 2.45) is 5.73 Å². The lowest BCUT2D eigenvalue weighted by atomic mass is 10.2. The van der Waals surface area contributed by atoms with Crippen molar-refractivity contribution in [1.29, 1.82) is 0 Å². The molecule has 0 fully saturated rings. The fourth-order valence-corrected chi connectivity index (χ4v) is 1.52. The van der Waals surface area contributed by atoms with Gasteiger partial charge in [-0.3, -0.25) is 0 Å². The molecule has 0 aromatic carbocycles. The third-order valence-corrected chi connectivity index (χ3v) is 2.36. The van der Waals surface area contributed by atoms with E-state index in [0.717, 1.165) is 4.47 Å². The normalized spacial score (nSPS) is 13.6. The smallest absolute Gasteiger partial charge is 0.179 e. The molecular formula is C8H12BrNO3. The summed E-state index contributed by atoms with van der Waals surface area (Å²) in [6.07, 6.45) is 1.06. The van der Waals surface area contributed by atoms with Crippen LogP contribution in [0.5, 0.6) is 0 Å². The van der Waals surface area contributed by atoms with Gasteiger partial charge in [0.15, 0.2) is 6.29 Å². The molecule has 5 heteroatoms. The Balaban J connectivity index is 2.77. The predicted molar refractivity (Wildman–Crippen MR) is 51.1 cm³/mol. The lowest BCUT2D eigenvalue weighted by molar-refractivity contribution is -0.120. The lowest BCUT2D eigenvalue weighted by Crippen LogP contribution is -2.29. The first-order valence-corrected chi connectivity index (χ1v) is 4.54. The van der Waals surface area contributed by atoms with Crippen molar-refractivity contribution in [3.05, 3.63) is 22.6 Å². The van der Waals surface area contributed by atoms with Gasteiger partial charge in [-0.15, -0.1) is 0 Å². The molecule has 13 heavy (non-hydrogen) atoms. The molecule has 1 aromatic heterocycles. The summed E-state index contributed by atoms with van der Waals surface area (Å²) in [6.45, 7) is 0. The largest absolute Gasteiger partial charge is 0.466 e. The molecule has 0 amide bonds. The molecule has 0 bridgehead atoms. The average Bonchev–Trinajstić information content (AvgIpc) is 2.53. The van der Waals surface area contributed by atoms with Gasteiger partial charge in [-0.2, -0.15) is 0 Å². The zero-order valence-corrected chi connectivity index (χ0v) is 9.08. The van der Waals surface area contributed by atoms with E-state index in [1.807, 2.05) is 0 Å². The zero-order chi connectivity index (χ0) is 9.84. The van der Waals surface area contributed by atoms with Gasteiger partial charge in [-0.1, -0.05) is 0 Å². The third-order valence-electron chi connectivity index (χ3n) is 1.71. The van der Waals surface area contributed by atoms with Gasteiger partial charge >= 0.3 is 0 Å². The van der Waals surface area contributed by atoms with E-state index in [-0.39, 0.29) is 0 Å². The Morgan fingerprint density at radius 2 is 2.08 bits per heavy atom. The molecule has 1 unspecified atom stereocenters. The van der Waals surface area contributed by atoms with E-state index in [2.05, 4.69) is 15.9 Å². The summed E-state index contributed by atoms with van der Waals surface area (Å²) >= 11 is 3.31. The van der Waals surface area contributed by atoms with Gasteiger partial charge in [-0.25, -0.2) is 0 Å². The average molecular weight is 250 g/mol. The molecule has 0 saturated heterocycles. The van der Waals surface area contributed by atoms with Gasteiger partial charge in [0, 0.05) is 14.2 Å². The van der Waals surface area contributed by atoms with E-state index in [9.17, 15) is 0 Å². The van der Waals surface area contributed by atoms with Crippen LogP contribution in [0.4, 0.5) is 0 Å². The molecule has 1 heterocycles. The summed E-state index contributed by atoms with van der Waals surface area (Å²) in [5, 5.41) is 0. The molecule has 0 saturated carbocycles. The number of furan rings is 1. The van der Waals surface area contributed by atoms with Crippen molar-refractivity contribution in [2.45, 2.75) is 12.3 Å². The maximum absolute atomic E-state index is 5.83. The summed E-state index contributed by atoms with van der Waals surface area (Å²) in [7, 11) is 3.07. The Kier molecular flexibility index (Phi) is 3.92. The Bertz CT molecular complexity index is 260. The zero-order valence-electron chi connectivity index (χ0n) is 7.49. The molecule has 74 valence electrons. The van der Waals surface area contributed by atoms with Crippen LogP contribution in [-0.2, 0) is 9.47 Å². The molecular weight excluding hydrogens is 238 g/mol. The van der Waals surface area contributed by atoms with E-state index in [0.29, 0.717) is 5.76 Å². The first kappa shape index (κ1) is 10.7. The maximum Gasteiger partial charge on any atom is 0.179 e.